The second kappa shape index (κ2) is 5.19. The van der Waals surface area contributed by atoms with E-state index in [-0.39, 0.29) is 28.0 Å². The number of aryl methyl sites for hydroxylation is 1. The number of nitrogens with zero attached hydrogens (tertiary/aromatic N) is 2. The first-order chi connectivity index (χ1) is 8.97. The Labute approximate surface area is 112 Å². The molecule has 0 saturated heterocycles. The molecule has 0 bridgehead atoms. The van der Waals surface area contributed by atoms with Crippen molar-refractivity contribution in [3.8, 4) is 11.8 Å². The lowest BCUT2D eigenvalue weighted by molar-refractivity contribution is 0.0695. The minimum absolute atomic E-state index is 0.0299. The second-order valence-corrected chi connectivity index (χ2v) is 4.04. The van der Waals surface area contributed by atoms with Crippen LogP contribution in [-0.4, -0.2) is 21.0 Å². The van der Waals surface area contributed by atoms with Crippen LogP contribution >= 0.6 is 11.6 Å². The molecule has 0 fully saturated rings. The number of carboxylic acids is 1. The summed E-state index contributed by atoms with van der Waals surface area (Å²) in [6, 6.07) is 3.51. The molecule has 0 amide bonds. The van der Waals surface area contributed by atoms with Crippen molar-refractivity contribution < 1.29 is 19.0 Å². The van der Waals surface area contributed by atoms with Crippen molar-refractivity contribution in [1.29, 1.82) is 0 Å². The number of hydrogen-bond acceptors (Lipinski definition) is 4. The van der Waals surface area contributed by atoms with Crippen LogP contribution in [-0.2, 0) is 0 Å². The van der Waals surface area contributed by atoms with Crippen LogP contribution in [0, 0.1) is 12.7 Å². The van der Waals surface area contributed by atoms with Crippen molar-refractivity contribution in [2.24, 2.45) is 0 Å². The molecule has 2 aromatic rings. The van der Waals surface area contributed by atoms with E-state index in [0.29, 0.717) is 0 Å². The number of carbonyl (C=O) groups is 1. The van der Waals surface area contributed by atoms with Gasteiger partial charge in [-0.15, -0.1) is 0 Å². The third kappa shape index (κ3) is 2.97. The van der Waals surface area contributed by atoms with Crippen molar-refractivity contribution >= 4 is 17.6 Å². The van der Waals surface area contributed by atoms with Crippen LogP contribution in [0.5, 0.6) is 11.8 Å². The maximum atomic E-state index is 13.0. The van der Waals surface area contributed by atoms with E-state index in [1.54, 1.807) is 0 Å². The van der Waals surface area contributed by atoms with Gasteiger partial charge in [0.1, 0.15) is 5.82 Å². The van der Waals surface area contributed by atoms with Gasteiger partial charge in [-0.25, -0.2) is 14.2 Å². The van der Waals surface area contributed by atoms with Crippen LogP contribution in [0.2, 0.25) is 5.02 Å². The van der Waals surface area contributed by atoms with Crippen molar-refractivity contribution in [3.05, 3.63) is 46.5 Å². The van der Waals surface area contributed by atoms with Gasteiger partial charge in [-0.1, -0.05) is 11.6 Å². The Morgan fingerprint density at radius 2 is 2.21 bits per heavy atom. The molecule has 0 radical (unpaired) electrons. The number of carboxylic acid groups (broad SMARTS) is 1. The van der Waals surface area contributed by atoms with Crippen LogP contribution in [0.1, 0.15) is 16.1 Å². The van der Waals surface area contributed by atoms with E-state index in [9.17, 15) is 9.18 Å². The van der Waals surface area contributed by atoms with E-state index in [4.69, 9.17) is 21.4 Å². The average Bonchev–Trinajstić information content (AvgIpc) is 2.33. The zero-order chi connectivity index (χ0) is 14.0. The topological polar surface area (TPSA) is 72.3 Å². The highest BCUT2D eigenvalue weighted by molar-refractivity contribution is 6.32. The summed E-state index contributed by atoms with van der Waals surface area (Å²) in [5.74, 6) is -1.59. The van der Waals surface area contributed by atoms with Gasteiger partial charge >= 0.3 is 12.0 Å². The van der Waals surface area contributed by atoms with E-state index < -0.39 is 11.8 Å². The Kier molecular flexibility index (Phi) is 3.62. The first-order valence-electron chi connectivity index (χ1n) is 5.17. The highest BCUT2D eigenvalue weighted by Crippen LogP contribution is 2.28. The van der Waals surface area contributed by atoms with Crippen molar-refractivity contribution in [2.45, 2.75) is 6.92 Å². The molecule has 19 heavy (non-hydrogen) atoms. The number of aromatic carboxylic acids is 1. The monoisotopic (exact) mass is 282 g/mol. The molecule has 0 aliphatic heterocycles. The molecular formula is C12H8ClFN2O3. The molecule has 0 atom stereocenters. The van der Waals surface area contributed by atoms with Crippen molar-refractivity contribution in [2.75, 3.05) is 0 Å². The molecule has 7 heteroatoms. The highest BCUT2D eigenvalue weighted by Gasteiger charge is 2.12. The Balaban J connectivity index is 2.31. The molecule has 1 aromatic carbocycles. The zero-order valence-electron chi connectivity index (χ0n) is 9.72. The number of benzene rings is 1. The number of aromatic nitrogens is 2. The molecule has 0 aliphatic carbocycles. The SMILES string of the molecule is Cc1nc(Oc2cc(F)ccc2Cl)ncc1C(=O)O. The van der Waals surface area contributed by atoms with Gasteiger partial charge in [-0.2, -0.15) is 4.98 Å². The molecule has 0 saturated carbocycles. The maximum absolute atomic E-state index is 13.0. The van der Waals surface area contributed by atoms with E-state index in [2.05, 4.69) is 9.97 Å². The van der Waals surface area contributed by atoms with Crippen LogP contribution in [0.3, 0.4) is 0 Å². The lowest BCUT2D eigenvalue weighted by atomic mass is 10.2. The standard InChI is InChI=1S/C12H8ClFN2O3/c1-6-8(11(17)18)5-15-12(16-6)19-10-4-7(14)2-3-9(10)13/h2-5H,1H3,(H,17,18). The van der Waals surface area contributed by atoms with Crippen molar-refractivity contribution in [1.82, 2.24) is 9.97 Å². The highest BCUT2D eigenvalue weighted by atomic mass is 35.5. The van der Waals surface area contributed by atoms with Gasteiger partial charge in [0.2, 0.25) is 0 Å². The van der Waals surface area contributed by atoms with Crippen LogP contribution in [0.15, 0.2) is 24.4 Å². The molecule has 0 unspecified atom stereocenters. The Hall–Kier alpha value is -2.21. The summed E-state index contributed by atoms with van der Waals surface area (Å²) in [4.78, 5) is 18.4. The molecular weight excluding hydrogens is 275 g/mol. The quantitative estimate of drug-likeness (QED) is 0.936. The summed E-state index contributed by atoms with van der Waals surface area (Å²) in [6.45, 7) is 1.51. The predicted molar refractivity (Wildman–Crippen MR) is 65.2 cm³/mol. The van der Waals surface area contributed by atoms with Crippen LogP contribution < -0.4 is 4.74 Å². The minimum atomic E-state index is -1.13. The summed E-state index contributed by atoms with van der Waals surface area (Å²) in [5, 5.41) is 9.03. The summed E-state index contributed by atoms with van der Waals surface area (Å²) < 4.78 is 18.3. The van der Waals surface area contributed by atoms with Gasteiger partial charge in [0.15, 0.2) is 5.75 Å². The third-order valence-corrected chi connectivity index (χ3v) is 2.59. The zero-order valence-corrected chi connectivity index (χ0v) is 10.5. The lowest BCUT2D eigenvalue weighted by Crippen LogP contribution is -2.04. The first kappa shape index (κ1) is 13.2. The molecule has 1 heterocycles. The Morgan fingerprint density at radius 3 is 2.84 bits per heavy atom. The van der Waals surface area contributed by atoms with E-state index in [1.807, 2.05) is 0 Å². The summed E-state index contributed by atoms with van der Waals surface area (Å²) >= 11 is 5.83. The van der Waals surface area contributed by atoms with Gasteiger partial charge in [-0.05, 0) is 19.1 Å². The van der Waals surface area contributed by atoms with Crippen LogP contribution in [0.4, 0.5) is 4.39 Å². The summed E-state index contributed by atoms with van der Waals surface area (Å²) in [6.07, 6.45) is 1.12. The van der Waals surface area contributed by atoms with Gasteiger partial charge in [0, 0.05) is 12.3 Å². The molecule has 2 rings (SSSR count). The first-order valence-corrected chi connectivity index (χ1v) is 5.55. The maximum Gasteiger partial charge on any atom is 0.339 e. The molecule has 1 N–H and O–H groups in total. The van der Waals surface area contributed by atoms with E-state index >= 15 is 0 Å². The largest absolute Gasteiger partial charge is 0.478 e. The van der Waals surface area contributed by atoms with E-state index in [0.717, 1.165) is 12.3 Å². The predicted octanol–water partition coefficient (Wildman–Crippen LogP) is 3.07. The summed E-state index contributed by atoms with van der Waals surface area (Å²) in [5.41, 5.74) is 0.211. The Bertz CT molecular complexity index is 649. The fourth-order valence-corrected chi connectivity index (χ4v) is 1.51. The average molecular weight is 283 g/mol. The van der Waals surface area contributed by atoms with Gasteiger partial charge in [-0.3, -0.25) is 0 Å². The smallest absolute Gasteiger partial charge is 0.339 e. The normalized spacial score (nSPS) is 10.3. The van der Waals surface area contributed by atoms with Gasteiger partial charge < -0.3 is 9.84 Å². The molecule has 0 spiro atoms. The molecule has 1 aromatic heterocycles. The van der Waals surface area contributed by atoms with Gasteiger partial charge in [0.25, 0.3) is 0 Å². The van der Waals surface area contributed by atoms with Crippen molar-refractivity contribution in [3.63, 3.8) is 0 Å². The molecule has 5 nitrogen and oxygen atoms in total. The number of ether oxygens (including phenoxy) is 1. The minimum Gasteiger partial charge on any atom is -0.478 e. The number of halogens is 2. The second-order valence-electron chi connectivity index (χ2n) is 3.63. The Morgan fingerprint density at radius 1 is 1.47 bits per heavy atom. The fraction of sp³-hybridized carbons (Fsp3) is 0.0833. The fourth-order valence-electron chi connectivity index (χ4n) is 1.36. The number of hydrogen-bond donors (Lipinski definition) is 1. The summed E-state index contributed by atoms with van der Waals surface area (Å²) in [7, 11) is 0. The lowest BCUT2D eigenvalue weighted by Gasteiger charge is -2.07. The number of rotatable bonds is 3. The molecule has 0 aliphatic rings. The van der Waals surface area contributed by atoms with Crippen LogP contribution in [0.25, 0.3) is 0 Å². The van der Waals surface area contributed by atoms with E-state index in [1.165, 1.54) is 19.1 Å². The third-order valence-electron chi connectivity index (χ3n) is 2.28. The van der Waals surface area contributed by atoms with Gasteiger partial charge in [0.05, 0.1) is 16.3 Å². The molecule has 98 valence electrons.